The molecule has 0 aliphatic carbocycles. The summed E-state index contributed by atoms with van der Waals surface area (Å²) in [5.74, 6) is 2.26. The maximum absolute atomic E-state index is 12.6. The Morgan fingerprint density at radius 2 is 1.71 bits per heavy atom. The molecule has 1 N–H and O–H groups in total. The molecule has 4 rings (SSSR count). The fourth-order valence-electron chi connectivity index (χ4n) is 3.42. The van der Waals surface area contributed by atoms with Crippen LogP contribution in [0.2, 0.25) is 0 Å². The van der Waals surface area contributed by atoms with Crippen LogP contribution < -0.4 is 19.5 Å². The Hall–Kier alpha value is -2.93. The van der Waals surface area contributed by atoms with E-state index < -0.39 is 0 Å². The number of urea groups is 1. The molecule has 2 aromatic rings. The maximum Gasteiger partial charge on any atom is 0.321 e. The number of carbonyl (C=O) groups is 1. The molecule has 0 atom stereocenters. The lowest BCUT2D eigenvalue weighted by Gasteiger charge is -2.34. The van der Waals surface area contributed by atoms with Crippen LogP contribution in [0.1, 0.15) is 5.56 Å². The van der Waals surface area contributed by atoms with E-state index in [9.17, 15) is 4.79 Å². The van der Waals surface area contributed by atoms with Gasteiger partial charge < -0.3 is 24.4 Å². The zero-order chi connectivity index (χ0) is 19.3. The molecule has 0 aromatic heterocycles. The van der Waals surface area contributed by atoms with Crippen molar-refractivity contribution in [1.29, 1.82) is 0 Å². The third-order valence-corrected chi connectivity index (χ3v) is 5.02. The predicted molar refractivity (Wildman–Crippen MR) is 106 cm³/mol. The van der Waals surface area contributed by atoms with Gasteiger partial charge in [0, 0.05) is 44.5 Å². The number of piperazine rings is 1. The second-order valence-electron chi connectivity index (χ2n) is 6.90. The summed E-state index contributed by atoms with van der Waals surface area (Å²) in [7, 11) is 1.67. The molecule has 28 heavy (non-hydrogen) atoms. The van der Waals surface area contributed by atoms with Crippen molar-refractivity contribution in [3.05, 3.63) is 48.0 Å². The van der Waals surface area contributed by atoms with Gasteiger partial charge in [-0.2, -0.15) is 0 Å². The summed E-state index contributed by atoms with van der Waals surface area (Å²) in [4.78, 5) is 16.8. The zero-order valence-corrected chi connectivity index (χ0v) is 16.0. The van der Waals surface area contributed by atoms with Gasteiger partial charge in [-0.3, -0.25) is 4.90 Å². The predicted octanol–water partition coefficient (Wildman–Crippen LogP) is 2.82. The van der Waals surface area contributed by atoms with Crippen molar-refractivity contribution < 1.29 is 19.0 Å². The second-order valence-corrected chi connectivity index (χ2v) is 6.90. The lowest BCUT2D eigenvalue weighted by molar-refractivity contribution is 0.143. The van der Waals surface area contributed by atoms with E-state index in [1.807, 2.05) is 35.2 Å². The Morgan fingerprint density at radius 1 is 1.00 bits per heavy atom. The van der Waals surface area contributed by atoms with E-state index in [0.29, 0.717) is 32.1 Å². The van der Waals surface area contributed by atoms with E-state index in [-0.39, 0.29) is 6.03 Å². The number of rotatable bonds is 4. The normalized spacial score (nSPS) is 16.5. The molecule has 2 amide bonds. The largest absolute Gasteiger partial charge is 0.497 e. The van der Waals surface area contributed by atoms with Crippen molar-refractivity contribution in [3.8, 4) is 17.2 Å². The molecule has 148 valence electrons. The van der Waals surface area contributed by atoms with Crippen LogP contribution in [0.3, 0.4) is 0 Å². The van der Waals surface area contributed by atoms with Crippen molar-refractivity contribution >= 4 is 11.7 Å². The SMILES string of the molecule is COc1ccc(CN2CCN(C(=O)Nc3ccc4c(c3)OCCO4)CC2)cc1. The number of carbonyl (C=O) groups excluding carboxylic acids is 1. The quantitative estimate of drug-likeness (QED) is 0.880. The molecule has 1 saturated heterocycles. The summed E-state index contributed by atoms with van der Waals surface area (Å²) in [5, 5.41) is 2.96. The summed E-state index contributed by atoms with van der Waals surface area (Å²) in [6.45, 7) is 5.06. The van der Waals surface area contributed by atoms with Crippen molar-refractivity contribution in [2.24, 2.45) is 0 Å². The average molecular weight is 383 g/mol. The Labute approximate surface area is 164 Å². The van der Waals surface area contributed by atoms with E-state index in [2.05, 4.69) is 22.3 Å². The highest BCUT2D eigenvalue weighted by atomic mass is 16.6. The molecule has 0 radical (unpaired) electrons. The van der Waals surface area contributed by atoms with Crippen LogP contribution in [0.4, 0.5) is 10.5 Å². The lowest BCUT2D eigenvalue weighted by Crippen LogP contribution is -2.49. The van der Waals surface area contributed by atoms with Crippen molar-refractivity contribution in [3.63, 3.8) is 0 Å². The van der Waals surface area contributed by atoms with Crippen LogP contribution in [0.15, 0.2) is 42.5 Å². The smallest absolute Gasteiger partial charge is 0.321 e. The van der Waals surface area contributed by atoms with Gasteiger partial charge in [-0.25, -0.2) is 4.79 Å². The number of amides is 2. The number of nitrogens with zero attached hydrogens (tertiary/aromatic N) is 2. The fourth-order valence-corrected chi connectivity index (χ4v) is 3.42. The third-order valence-electron chi connectivity index (χ3n) is 5.02. The molecule has 2 heterocycles. The minimum absolute atomic E-state index is 0.0826. The first-order valence-corrected chi connectivity index (χ1v) is 9.52. The highest BCUT2D eigenvalue weighted by Gasteiger charge is 2.22. The van der Waals surface area contributed by atoms with Gasteiger partial charge in [-0.05, 0) is 29.8 Å². The van der Waals surface area contributed by atoms with E-state index in [1.54, 1.807) is 7.11 Å². The number of hydrogen-bond donors (Lipinski definition) is 1. The van der Waals surface area contributed by atoms with Crippen LogP contribution in [0, 0.1) is 0 Å². The zero-order valence-electron chi connectivity index (χ0n) is 16.0. The van der Waals surface area contributed by atoms with Gasteiger partial charge in [0.1, 0.15) is 19.0 Å². The topological polar surface area (TPSA) is 63.3 Å². The molecule has 1 fully saturated rings. The summed E-state index contributed by atoms with van der Waals surface area (Å²) >= 11 is 0. The molecule has 0 unspecified atom stereocenters. The van der Waals surface area contributed by atoms with Crippen LogP contribution in [-0.2, 0) is 6.54 Å². The monoisotopic (exact) mass is 383 g/mol. The Balaban J connectivity index is 1.27. The average Bonchev–Trinajstić information content (AvgIpc) is 2.75. The maximum atomic E-state index is 12.6. The third kappa shape index (κ3) is 4.31. The van der Waals surface area contributed by atoms with Gasteiger partial charge in [-0.15, -0.1) is 0 Å². The summed E-state index contributed by atoms with van der Waals surface area (Å²) in [5.41, 5.74) is 1.96. The van der Waals surface area contributed by atoms with Gasteiger partial charge in [0.2, 0.25) is 0 Å². The summed E-state index contributed by atoms with van der Waals surface area (Å²) < 4.78 is 16.3. The standard InChI is InChI=1S/C21H25N3O4/c1-26-18-5-2-16(3-6-18)15-23-8-10-24(11-9-23)21(25)22-17-4-7-19-20(14-17)28-13-12-27-19/h2-7,14H,8-13,15H2,1H3,(H,22,25). The summed E-state index contributed by atoms with van der Waals surface area (Å²) in [6.07, 6.45) is 0. The van der Waals surface area contributed by atoms with Crippen molar-refractivity contribution in [2.45, 2.75) is 6.54 Å². The van der Waals surface area contributed by atoms with Crippen molar-refractivity contribution in [2.75, 3.05) is 51.8 Å². The minimum Gasteiger partial charge on any atom is -0.497 e. The van der Waals surface area contributed by atoms with Crippen LogP contribution >= 0.6 is 0 Å². The Bertz CT molecular complexity index is 817. The lowest BCUT2D eigenvalue weighted by atomic mass is 10.2. The first-order valence-electron chi connectivity index (χ1n) is 9.52. The molecule has 2 aliphatic rings. The van der Waals surface area contributed by atoms with Gasteiger partial charge in [0.05, 0.1) is 7.11 Å². The fraction of sp³-hybridized carbons (Fsp3) is 0.381. The van der Waals surface area contributed by atoms with Gasteiger partial charge in [-0.1, -0.05) is 12.1 Å². The highest BCUT2D eigenvalue weighted by molar-refractivity contribution is 5.89. The van der Waals surface area contributed by atoms with Gasteiger partial charge in [0.15, 0.2) is 11.5 Å². The van der Waals surface area contributed by atoms with E-state index >= 15 is 0 Å². The van der Waals surface area contributed by atoms with Crippen LogP contribution in [0.25, 0.3) is 0 Å². The number of anilines is 1. The molecule has 0 bridgehead atoms. The van der Waals surface area contributed by atoms with Crippen molar-refractivity contribution in [1.82, 2.24) is 9.80 Å². The number of nitrogens with one attached hydrogen (secondary N) is 1. The Kier molecular flexibility index (Phi) is 5.53. The molecule has 0 saturated carbocycles. The summed E-state index contributed by atoms with van der Waals surface area (Å²) in [6, 6.07) is 13.5. The second kappa shape index (κ2) is 8.39. The molecule has 2 aliphatic heterocycles. The van der Waals surface area contributed by atoms with E-state index in [4.69, 9.17) is 14.2 Å². The van der Waals surface area contributed by atoms with Gasteiger partial charge >= 0.3 is 6.03 Å². The molecule has 7 heteroatoms. The molecule has 0 spiro atoms. The first-order chi connectivity index (χ1) is 13.7. The minimum atomic E-state index is -0.0826. The molecule has 2 aromatic carbocycles. The molecule has 7 nitrogen and oxygen atoms in total. The molecular weight excluding hydrogens is 358 g/mol. The number of hydrogen-bond acceptors (Lipinski definition) is 5. The number of benzene rings is 2. The number of fused-ring (bicyclic) bond motifs is 1. The number of methoxy groups -OCH3 is 1. The van der Waals surface area contributed by atoms with E-state index in [0.717, 1.165) is 36.8 Å². The molecular formula is C21H25N3O4. The van der Waals surface area contributed by atoms with Crippen LogP contribution in [-0.4, -0.2) is 62.3 Å². The van der Waals surface area contributed by atoms with E-state index in [1.165, 1.54) is 5.56 Å². The van der Waals surface area contributed by atoms with Gasteiger partial charge in [0.25, 0.3) is 0 Å². The van der Waals surface area contributed by atoms with Crippen LogP contribution in [0.5, 0.6) is 17.2 Å². The first kappa shape index (κ1) is 18.4. The Morgan fingerprint density at radius 3 is 2.43 bits per heavy atom. The highest BCUT2D eigenvalue weighted by Crippen LogP contribution is 2.32. The number of ether oxygens (including phenoxy) is 3.